The number of pyridine rings is 1. The van der Waals surface area contributed by atoms with Crippen LogP contribution in [0.2, 0.25) is 0 Å². The summed E-state index contributed by atoms with van der Waals surface area (Å²) in [6, 6.07) is 54.2. The molecule has 0 saturated carbocycles. The van der Waals surface area contributed by atoms with E-state index in [1.165, 1.54) is 7.29 Å². The molecule has 0 amide bonds. The van der Waals surface area contributed by atoms with E-state index in [1.807, 2.05) is 60.7 Å². The summed E-state index contributed by atoms with van der Waals surface area (Å²) in [5, 5.41) is 7.86. The van der Waals surface area contributed by atoms with E-state index >= 15 is 4.57 Å². The van der Waals surface area contributed by atoms with Crippen LogP contribution in [0, 0.1) is 3.57 Å². The van der Waals surface area contributed by atoms with Crippen LogP contribution in [-0.4, -0.2) is 8.70 Å². The molecule has 3 nitrogen and oxygen atoms in total. The Bertz CT molecular complexity index is 2720. The second-order valence-electron chi connectivity index (χ2n) is 12.7. The zero-order valence-corrected chi connectivity index (χ0v) is 30.5. The number of para-hydroxylation sites is 1. The fourth-order valence-electron chi connectivity index (χ4n) is 7.63. The third kappa shape index (κ3) is 4.74. The van der Waals surface area contributed by atoms with E-state index in [1.54, 1.807) is 0 Å². The number of fused-ring (bicyclic) bond motifs is 7. The molecule has 0 atom stereocenters. The van der Waals surface area contributed by atoms with Crippen molar-refractivity contribution in [3.63, 3.8) is 0 Å². The molecule has 10 rings (SSSR count). The molecule has 1 aromatic heterocycles. The molecule has 8 aromatic rings. The summed E-state index contributed by atoms with van der Waals surface area (Å²) in [7, 11) is -3.29. The fourth-order valence-corrected chi connectivity index (χ4v) is 15.7. The zero-order valence-electron chi connectivity index (χ0n) is 27.4. The van der Waals surface area contributed by atoms with Gasteiger partial charge in [-0.25, -0.2) is 0 Å². The summed E-state index contributed by atoms with van der Waals surface area (Å²) in [5.41, 5.74) is 6.45. The van der Waals surface area contributed by atoms with Crippen LogP contribution in [0.15, 0.2) is 185 Å². The summed E-state index contributed by atoms with van der Waals surface area (Å²) in [5.74, 6) is 0. The average molecular weight is 785 g/mol. The van der Waals surface area contributed by atoms with Crippen molar-refractivity contribution in [2.24, 2.45) is 4.99 Å². The van der Waals surface area contributed by atoms with Gasteiger partial charge in [0.1, 0.15) is 0 Å². The van der Waals surface area contributed by atoms with Gasteiger partial charge in [-0.15, -0.1) is 0 Å². The molecule has 2 aliphatic rings. The number of nitrogens with zero attached hydrogens (tertiary/aromatic N) is 2. The van der Waals surface area contributed by atoms with Gasteiger partial charge in [0.05, 0.1) is 0 Å². The Morgan fingerprint density at radius 3 is 1.67 bits per heavy atom. The summed E-state index contributed by atoms with van der Waals surface area (Å²) in [6.45, 7) is 0. The number of rotatable bonds is 5. The monoisotopic (exact) mass is 784 g/mol. The molecular weight excluding hydrogens is 754 g/mol. The van der Waals surface area contributed by atoms with Crippen LogP contribution in [0.5, 0.6) is 0 Å². The number of hydrogen-bond acceptors (Lipinski definition) is 3. The Balaban J connectivity index is 1.20. The molecule has 2 aliphatic heterocycles. The van der Waals surface area contributed by atoms with Crippen LogP contribution in [0.4, 0.5) is 5.69 Å². The molecule has 51 heavy (non-hydrogen) atoms. The molecule has 0 N–H and O–H groups in total. The van der Waals surface area contributed by atoms with Crippen LogP contribution in [0.25, 0.3) is 54.8 Å². The van der Waals surface area contributed by atoms with E-state index in [9.17, 15) is 0 Å². The van der Waals surface area contributed by atoms with Gasteiger partial charge < -0.3 is 0 Å². The summed E-state index contributed by atoms with van der Waals surface area (Å²) in [4.78, 5) is 10.5. The van der Waals surface area contributed by atoms with E-state index in [0.29, 0.717) is 0 Å². The third-order valence-electron chi connectivity index (χ3n) is 9.89. The van der Waals surface area contributed by atoms with E-state index in [-0.39, 0.29) is 0 Å². The third-order valence-corrected chi connectivity index (χ3v) is 18.2. The van der Waals surface area contributed by atoms with Crippen molar-refractivity contribution in [2.75, 3.05) is 0 Å². The minimum absolute atomic E-state index is 0.832. The SMILES string of the molecule is O=P(c1ccccc1)(c1ccccc1)c1c2ccccc2c(-c2ccc(-c3nc4ccccc4c4c3I3C=CC=CC3=N4)cc2)c2ccccc12. The molecule has 0 unspecified atom stereocenters. The van der Waals surface area contributed by atoms with E-state index in [0.717, 1.165) is 76.4 Å². The fraction of sp³-hybridized carbons (Fsp3) is 0. The molecule has 242 valence electrons. The molecule has 3 heterocycles. The van der Waals surface area contributed by atoms with Gasteiger partial charge in [0.2, 0.25) is 0 Å². The van der Waals surface area contributed by atoms with Gasteiger partial charge in [-0.05, 0) is 0 Å². The first-order chi connectivity index (χ1) is 25.2. The molecular formula is C46H30IN2OP. The van der Waals surface area contributed by atoms with Crippen molar-refractivity contribution >= 4 is 84.7 Å². The Morgan fingerprint density at radius 1 is 0.510 bits per heavy atom. The molecule has 0 spiro atoms. The molecule has 5 heteroatoms. The topological polar surface area (TPSA) is 42.3 Å². The number of allylic oxidation sites excluding steroid dienone is 3. The van der Waals surface area contributed by atoms with Crippen molar-refractivity contribution in [2.45, 2.75) is 0 Å². The predicted octanol–water partition coefficient (Wildman–Crippen LogP) is 11.3. The molecule has 0 radical (unpaired) electrons. The van der Waals surface area contributed by atoms with E-state index in [4.69, 9.17) is 9.98 Å². The van der Waals surface area contributed by atoms with Crippen molar-refractivity contribution in [3.8, 4) is 22.4 Å². The first-order valence-corrected chi connectivity index (χ1v) is 22.1. The first-order valence-electron chi connectivity index (χ1n) is 17.0. The van der Waals surface area contributed by atoms with Gasteiger partial charge in [0, 0.05) is 0 Å². The molecule has 0 aliphatic carbocycles. The Morgan fingerprint density at radius 2 is 1.04 bits per heavy atom. The second kappa shape index (κ2) is 12.1. The van der Waals surface area contributed by atoms with Gasteiger partial charge in [-0.2, -0.15) is 0 Å². The van der Waals surface area contributed by atoms with Crippen LogP contribution >= 0.6 is 27.0 Å². The standard InChI is InChI=1S/C46H30IN2OP/c50-51(33-15-3-1-4-16-33,34-17-5-2-6-18-34)46-37-21-9-7-19-35(37)42(36-20-8-10-22-38(36)46)31-26-28-32(29-27-31)44-43-45(39-23-11-12-24-40(39)48-44)49-41-25-13-14-30-47(41)43/h1-30H. The molecule has 0 fully saturated rings. The Labute approximate surface area is 303 Å². The van der Waals surface area contributed by atoms with Crippen molar-refractivity contribution in [1.82, 2.24) is 4.98 Å². The van der Waals surface area contributed by atoms with Gasteiger partial charge in [-0.1, -0.05) is 60.7 Å². The van der Waals surface area contributed by atoms with Crippen LogP contribution in [-0.2, 0) is 4.57 Å². The number of aliphatic imine (C=N–C) groups is 1. The quantitative estimate of drug-likeness (QED) is 0.0991. The Kier molecular flexibility index (Phi) is 7.23. The summed E-state index contributed by atoms with van der Waals surface area (Å²) >= 11 is -1.84. The first kappa shape index (κ1) is 30.4. The normalized spacial score (nSPS) is 14.2. The zero-order chi connectivity index (χ0) is 33.9. The Hall–Kier alpha value is -5.42. The number of halogens is 1. The van der Waals surface area contributed by atoms with Crippen LogP contribution in [0.3, 0.4) is 0 Å². The summed E-state index contributed by atoms with van der Waals surface area (Å²) < 4.78 is 20.9. The maximum absolute atomic E-state index is 16.0. The molecule has 7 aromatic carbocycles. The van der Waals surface area contributed by atoms with E-state index in [2.05, 4.69) is 119 Å². The average Bonchev–Trinajstić information content (AvgIpc) is 3.60. The summed E-state index contributed by atoms with van der Waals surface area (Å²) in [6.07, 6.45) is 6.46. The number of benzene rings is 7. The number of aromatic nitrogens is 1. The van der Waals surface area contributed by atoms with E-state index < -0.39 is 27.0 Å². The van der Waals surface area contributed by atoms with Gasteiger partial charge >= 0.3 is 245 Å². The predicted molar refractivity (Wildman–Crippen MR) is 225 cm³/mol. The van der Waals surface area contributed by atoms with Crippen LogP contribution in [0.1, 0.15) is 0 Å². The molecule has 0 saturated heterocycles. The number of hydrogen-bond donors (Lipinski definition) is 0. The van der Waals surface area contributed by atoms with Crippen LogP contribution < -0.4 is 15.9 Å². The van der Waals surface area contributed by atoms with Gasteiger partial charge in [-0.3, -0.25) is 0 Å². The molecule has 0 bridgehead atoms. The van der Waals surface area contributed by atoms with Gasteiger partial charge in [0.25, 0.3) is 0 Å². The van der Waals surface area contributed by atoms with Crippen molar-refractivity contribution in [1.29, 1.82) is 0 Å². The van der Waals surface area contributed by atoms with Crippen molar-refractivity contribution in [3.05, 3.63) is 184 Å². The minimum atomic E-state index is -3.29. The van der Waals surface area contributed by atoms with Crippen molar-refractivity contribution < 1.29 is 4.57 Å². The maximum atomic E-state index is 16.0. The van der Waals surface area contributed by atoms with Gasteiger partial charge in [0.15, 0.2) is 0 Å². The second-order valence-corrected chi connectivity index (χ2v) is 20.1.